The first-order valence-corrected chi connectivity index (χ1v) is 12.4. The number of phenolic OH excluding ortho intramolecular Hbond substituents is 1. The summed E-state index contributed by atoms with van der Waals surface area (Å²) < 4.78 is 5.66. The minimum atomic E-state index is -0.162. The smallest absolute Gasteiger partial charge is 0.311 e. The third-order valence-electron chi connectivity index (χ3n) is 6.47. The lowest BCUT2D eigenvalue weighted by atomic mass is 9.98. The number of unbranched alkanes of at least 4 members (excludes halogenated alkanes) is 13. The van der Waals surface area contributed by atoms with Crippen molar-refractivity contribution in [3.8, 4) is 11.5 Å². The summed E-state index contributed by atoms with van der Waals surface area (Å²) in [5, 5.41) is 10.1. The molecule has 1 rings (SSSR count). The van der Waals surface area contributed by atoms with Crippen molar-refractivity contribution in [1.82, 2.24) is 0 Å². The Kier molecular flexibility index (Phi) is 13.5. The maximum absolute atomic E-state index is 12.3. The van der Waals surface area contributed by atoms with Crippen LogP contribution in [0.1, 0.15) is 125 Å². The Morgan fingerprint density at radius 2 is 1.00 bits per heavy atom. The fourth-order valence-corrected chi connectivity index (χ4v) is 4.04. The van der Waals surface area contributed by atoms with E-state index in [1.165, 1.54) is 77.0 Å². The first-order chi connectivity index (χ1) is 14.4. The lowest BCUT2D eigenvalue weighted by Gasteiger charge is -2.17. The van der Waals surface area contributed by atoms with Crippen molar-refractivity contribution in [2.45, 2.75) is 131 Å². The molecule has 172 valence electrons. The monoisotopic (exact) mass is 418 g/mol. The number of carbonyl (C=O) groups excluding carboxylic acids is 1. The molecule has 0 aliphatic rings. The van der Waals surface area contributed by atoms with Gasteiger partial charge in [-0.3, -0.25) is 4.79 Å². The van der Waals surface area contributed by atoms with Crippen molar-refractivity contribution in [2.75, 3.05) is 0 Å². The minimum absolute atomic E-state index is 0.162. The molecular weight excluding hydrogens is 372 g/mol. The molecule has 0 saturated heterocycles. The summed E-state index contributed by atoms with van der Waals surface area (Å²) in [6.45, 7) is 9.80. The Balaban J connectivity index is 2.09. The first-order valence-electron chi connectivity index (χ1n) is 12.4. The summed E-state index contributed by atoms with van der Waals surface area (Å²) in [7, 11) is 0. The molecule has 0 heterocycles. The van der Waals surface area contributed by atoms with Gasteiger partial charge in [0.25, 0.3) is 0 Å². The van der Waals surface area contributed by atoms with Crippen LogP contribution >= 0.6 is 0 Å². The number of esters is 1. The van der Waals surface area contributed by atoms with E-state index in [9.17, 15) is 9.90 Å². The molecule has 30 heavy (non-hydrogen) atoms. The van der Waals surface area contributed by atoms with Gasteiger partial charge in [-0.1, -0.05) is 90.4 Å². The highest BCUT2D eigenvalue weighted by Gasteiger charge is 2.17. The molecule has 0 amide bonds. The van der Waals surface area contributed by atoms with Gasteiger partial charge < -0.3 is 9.84 Å². The molecule has 0 radical (unpaired) electrons. The summed E-state index contributed by atoms with van der Waals surface area (Å²) in [4.78, 5) is 12.3. The van der Waals surface area contributed by atoms with Gasteiger partial charge in [0.1, 0.15) is 11.5 Å². The largest absolute Gasteiger partial charge is 0.507 e. The van der Waals surface area contributed by atoms with Crippen LogP contribution in [0.25, 0.3) is 0 Å². The van der Waals surface area contributed by atoms with E-state index in [4.69, 9.17) is 4.74 Å². The number of ether oxygens (including phenoxy) is 1. The number of aromatic hydroxyl groups is 1. The van der Waals surface area contributed by atoms with Crippen LogP contribution in [-0.4, -0.2) is 11.1 Å². The predicted octanol–water partition coefficient (Wildman–Crippen LogP) is 8.40. The van der Waals surface area contributed by atoms with Crippen LogP contribution in [-0.2, 0) is 4.79 Å². The summed E-state index contributed by atoms with van der Waals surface area (Å²) >= 11 is 0. The molecule has 0 atom stereocenters. The van der Waals surface area contributed by atoms with Gasteiger partial charge in [0.15, 0.2) is 0 Å². The van der Waals surface area contributed by atoms with Gasteiger partial charge >= 0.3 is 5.97 Å². The summed E-state index contributed by atoms with van der Waals surface area (Å²) in [5.41, 5.74) is 3.28. The Hall–Kier alpha value is -1.51. The Bertz CT molecular complexity index is 604. The maximum atomic E-state index is 12.3. The van der Waals surface area contributed by atoms with E-state index >= 15 is 0 Å². The third kappa shape index (κ3) is 9.53. The standard InChI is InChI=1S/C27H46O3/c1-6-7-8-9-10-11-12-13-14-15-16-17-18-19-20-25(28)30-27-23(4)21(2)26(29)22(3)24(27)5/h29H,6-20H2,1-5H3. The van der Waals surface area contributed by atoms with Crippen molar-refractivity contribution in [2.24, 2.45) is 0 Å². The van der Waals surface area contributed by atoms with E-state index in [-0.39, 0.29) is 5.97 Å². The molecule has 1 aromatic rings. The van der Waals surface area contributed by atoms with Crippen LogP contribution in [0.2, 0.25) is 0 Å². The van der Waals surface area contributed by atoms with Gasteiger partial charge in [-0.25, -0.2) is 0 Å². The Morgan fingerprint density at radius 1 is 0.633 bits per heavy atom. The molecule has 0 fully saturated rings. The van der Waals surface area contributed by atoms with Crippen LogP contribution in [0.5, 0.6) is 11.5 Å². The van der Waals surface area contributed by atoms with Crippen LogP contribution in [0, 0.1) is 27.7 Å². The van der Waals surface area contributed by atoms with Gasteiger partial charge in [-0.05, 0) is 56.4 Å². The molecule has 0 bridgehead atoms. The highest BCUT2D eigenvalue weighted by Crippen LogP contribution is 2.36. The predicted molar refractivity (Wildman–Crippen MR) is 128 cm³/mol. The summed E-state index contributed by atoms with van der Waals surface area (Å²) in [6, 6.07) is 0. The number of carbonyl (C=O) groups is 1. The van der Waals surface area contributed by atoms with Crippen molar-refractivity contribution in [3.05, 3.63) is 22.3 Å². The first kappa shape index (κ1) is 26.5. The molecule has 0 aliphatic heterocycles. The second kappa shape index (κ2) is 15.3. The zero-order chi connectivity index (χ0) is 22.4. The van der Waals surface area contributed by atoms with Crippen molar-refractivity contribution < 1.29 is 14.6 Å². The quantitative estimate of drug-likeness (QED) is 0.166. The number of phenols is 1. The highest BCUT2D eigenvalue weighted by atomic mass is 16.5. The average molecular weight is 419 g/mol. The summed E-state index contributed by atoms with van der Waals surface area (Å²) in [6.07, 6.45) is 18.8. The normalized spacial score (nSPS) is 11.1. The van der Waals surface area contributed by atoms with Gasteiger partial charge in [-0.15, -0.1) is 0 Å². The molecular formula is C27H46O3. The van der Waals surface area contributed by atoms with Crippen LogP contribution in [0.15, 0.2) is 0 Å². The molecule has 1 aromatic carbocycles. The molecule has 1 N–H and O–H groups in total. The molecule has 0 spiro atoms. The van der Waals surface area contributed by atoms with Crippen molar-refractivity contribution >= 4 is 5.97 Å². The maximum Gasteiger partial charge on any atom is 0.311 e. The topological polar surface area (TPSA) is 46.5 Å². The number of rotatable bonds is 16. The molecule has 3 heteroatoms. The van der Waals surface area contributed by atoms with Crippen LogP contribution in [0.4, 0.5) is 0 Å². The van der Waals surface area contributed by atoms with E-state index in [2.05, 4.69) is 6.92 Å². The molecule has 0 aromatic heterocycles. The molecule has 3 nitrogen and oxygen atoms in total. The Labute approximate surface area is 185 Å². The fourth-order valence-electron chi connectivity index (χ4n) is 4.04. The second-order valence-corrected chi connectivity index (χ2v) is 9.00. The van der Waals surface area contributed by atoms with E-state index in [0.717, 1.165) is 35.1 Å². The average Bonchev–Trinajstić information content (AvgIpc) is 2.74. The van der Waals surface area contributed by atoms with E-state index in [1.54, 1.807) is 0 Å². The van der Waals surface area contributed by atoms with Gasteiger partial charge in [0.2, 0.25) is 0 Å². The summed E-state index contributed by atoms with van der Waals surface area (Å²) in [5.74, 6) is 0.763. The molecule has 0 saturated carbocycles. The van der Waals surface area contributed by atoms with Crippen LogP contribution in [0.3, 0.4) is 0 Å². The number of hydrogen-bond donors (Lipinski definition) is 1. The van der Waals surface area contributed by atoms with Gasteiger partial charge in [0, 0.05) is 6.42 Å². The van der Waals surface area contributed by atoms with Crippen molar-refractivity contribution in [1.29, 1.82) is 0 Å². The lowest BCUT2D eigenvalue weighted by molar-refractivity contribution is -0.134. The zero-order valence-corrected chi connectivity index (χ0v) is 20.4. The van der Waals surface area contributed by atoms with E-state index < -0.39 is 0 Å². The molecule has 0 unspecified atom stereocenters. The lowest BCUT2D eigenvalue weighted by Crippen LogP contribution is -2.10. The minimum Gasteiger partial charge on any atom is -0.507 e. The van der Waals surface area contributed by atoms with Gasteiger partial charge in [0.05, 0.1) is 0 Å². The van der Waals surface area contributed by atoms with Crippen LogP contribution < -0.4 is 4.74 Å². The second-order valence-electron chi connectivity index (χ2n) is 9.00. The fraction of sp³-hybridized carbons (Fsp3) is 0.741. The highest BCUT2D eigenvalue weighted by molar-refractivity contribution is 5.74. The number of hydrogen-bond acceptors (Lipinski definition) is 3. The molecule has 0 aliphatic carbocycles. The van der Waals surface area contributed by atoms with Gasteiger partial charge in [-0.2, -0.15) is 0 Å². The number of benzene rings is 1. The Morgan fingerprint density at radius 3 is 1.40 bits per heavy atom. The zero-order valence-electron chi connectivity index (χ0n) is 20.4. The van der Waals surface area contributed by atoms with Crippen molar-refractivity contribution in [3.63, 3.8) is 0 Å². The van der Waals surface area contributed by atoms with E-state index in [1.807, 2.05) is 27.7 Å². The third-order valence-corrected chi connectivity index (χ3v) is 6.47. The SMILES string of the molecule is CCCCCCCCCCCCCCCCC(=O)Oc1c(C)c(C)c(O)c(C)c1C. The van der Waals surface area contributed by atoms with E-state index in [0.29, 0.717) is 17.9 Å².